The average Bonchev–Trinajstić information content (AvgIpc) is 2.53. The Morgan fingerprint density at radius 2 is 1.92 bits per heavy atom. The molecule has 1 aromatic rings. The summed E-state index contributed by atoms with van der Waals surface area (Å²) in [5.41, 5.74) is 0.510. The van der Waals surface area contributed by atoms with Crippen LogP contribution in [-0.4, -0.2) is 36.8 Å². The van der Waals surface area contributed by atoms with Crippen molar-refractivity contribution in [2.75, 3.05) is 18.0 Å². The van der Waals surface area contributed by atoms with Crippen molar-refractivity contribution in [3.63, 3.8) is 0 Å². The van der Waals surface area contributed by atoms with E-state index in [1.807, 2.05) is 0 Å². The quantitative estimate of drug-likeness (QED) is 0.350. The molecule has 130 valence electrons. The normalized spacial score (nSPS) is 11.1. The third-order valence-corrected chi connectivity index (χ3v) is 2.85. The number of para-hydroxylation sites is 1. The van der Waals surface area contributed by atoms with Gasteiger partial charge in [0.15, 0.2) is 6.07 Å². The minimum absolute atomic E-state index is 0.0413. The van der Waals surface area contributed by atoms with Crippen molar-refractivity contribution in [3.05, 3.63) is 42.0 Å². The molecule has 1 unspecified atom stereocenters. The van der Waals surface area contributed by atoms with E-state index in [1.165, 1.54) is 19.1 Å². The van der Waals surface area contributed by atoms with E-state index in [9.17, 15) is 14.4 Å². The number of rotatable bonds is 7. The third kappa shape index (κ3) is 5.58. The van der Waals surface area contributed by atoms with Gasteiger partial charge in [-0.25, -0.2) is 14.4 Å². The number of hydrogen-bond donors (Lipinski definition) is 1. The summed E-state index contributed by atoms with van der Waals surface area (Å²) in [5.74, 6) is -1.54. The van der Waals surface area contributed by atoms with E-state index in [1.54, 1.807) is 19.1 Å². The number of alkyl halides is 1. The maximum absolute atomic E-state index is 12.3. The largest absolute Gasteiger partial charge is 0.463 e. The molecular weight excluding hydrogens is 338 g/mol. The van der Waals surface area contributed by atoms with Crippen molar-refractivity contribution in [2.45, 2.75) is 20.0 Å². The first-order valence-corrected chi connectivity index (χ1v) is 7.55. The zero-order chi connectivity index (χ0) is 18.1. The Hall–Kier alpha value is -2.54. The standard InChI is InChI=1S/C16H18ClNO6/c1-4-22-15(20)13(10(2)3)24-14(19)11-7-5-6-8-12(11)18-16(21)23-9-17/h5-8,13H,2,4,9H2,1,3H3,(H,18,21). The van der Waals surface area contributed by atoms with Crippen LogP contribution in [-0.2, 0) is 19.0 Å². The topological polar surface area (TPSA) is 90.9 Å². The van der Waals surface area contributed by atoms with Crippen LogP contribution in [0.1, 0.15) is 24.2 Å². The van der Waals surface area contributed by atoms with Crippen LogP contribution < -0.4 is 5.32 Å². The van der Waals surface area contributed by atoms with Crippen LogP contribution in [0.2, 0.25) is 0 Å². The third-order valence-electron chi connectivity index (χ3n) is 2.74. The van der Waals surface area contributed by atoms with Gasteiger partial charge in [-0.2, -0.15) is 0 Å². The summed E-state index contributed by atoms with van der Waals surface area (Å²) in [7, 11) is 0. The van der Waals surface area contributed by atoms with Crippen molar-refractivity contribution >= 4 is 35.3 Å². The van der Waals surface area contributed by atoms with E-state index in [4.69, 9.17) is 21.1 Å². The van der Waals surface area contributed by atoms with Crippen LogP contribution in [0.5, 0.6) is 0 Å². The Labute approximate surface area is 144 Å². The monoisotopic (exact) mass is 355 g/mol. The fourth-order valence-corrected chi connectivity index (χ4v) is 1.80. The van der Waals surface area contributed by atoms with Crippen molar-refractivity contribution in [3.8, 4) is 0 Å². The highest BCUT2D eigenvalue weighted by Gasteiger charge is 2.27. The molecule has 0 spiro atoms. The number of amides is 1. The first-order valence-electron chi connectivity index (χ1n) is 7.02. The zero-order valence-corrected chi connectivity index (χ0v) is 14.1. The lowest BCUT2D eigenvalue weighted by atomic mass is 10.1. The molecule has 24 heavy (non-hydrogen) atoms. The molecule has 0 aliphatic rings. The first-order chi connectivity index (χ1) is 11.4. The molecule has 1 rings (SSSR count). The lowest BCUT2D eigenvalue weighted by Crippen LogP contribution is -2.30. The summed E-state index contributed by atoms with van der Waals surface area (Å²) in [5, 5.41) is 2.36. The summed E-state index contributed by atoms with van der Waals surface area (Å²) in [6.45, 7) is 6.93. The molecular formula is C16H18ClNO6. The van der Waals surface area contributed by atoms with E-state index in [0.717, 1.165) is 0 Å². The smallest absolute Gasteiger partial charge is 0.412 e. The fraction of sp³-hybridized carbons (Fsp3) is 0.312. The number of carbonyl (C=O) groups is 3. The lowest BCUT2D eigenvalue weighted by Gasteiger charge is -2.17. The Morgan fingerprint density at radius 3 is 2.50 bits per heavy atom. The summed E-state index contributed by atoms with van der Waals surface area (Å²) in [6.07, 6.45) is -2.06. The van der Waals surface area contributed by atoms with Crippen LogP contribution in [0.25, 0.3) is 0 Å². The number of benzene rings is 1. The minimum Gasteiger partial charge on any atom is -0.463 e. The van der Waals surface area contributed by atoms with E-state index in [2.05, 4.69) is 16.6 Å². The number of nitrogens with one attached hydrogen (secondary N) is 1. The molecule has 0 aliphatic carbocycles. The fourth-order valence-electron chi connectivity index (χ4n) is 1.70. The molecule has 0 radical (unpaired) electrons. The Bertz CT molecular complexity index is 631. The molecule has 0 bridgehead atoms. The van der Waals surface area contributed by atoms with Gasteiger partial charge in [-0.15, -0.1) is 0 Å². The van der Waals surface area contributed by atoms with Gasteiger partial charge >= 0.3 is 18.0 Å². The number of carbonyl (C=O) groups excluding carboxylic acids is 3. The zero-order valence-electron chi connectivity index (χ0n) is 13.3. The molecule has 0 heterocycles. The van der Waals surface area contributed by atoms with Gasteiger partial charge in [0.1, 0.15) is 0 Å². The van der Waals surface area contributed by atoms with Crippen LogP contribution in [0.3, 0.4) is 0 Å². The molecule has 1 N–H and O–H groups in total. The van der Waals surface area contributed by atoms with Gasteiger partial charge in [-0.05, 0) is 31.6 Å². The van der Waals surface area contributed by atoms with Crippen molar-refractivity contribution in [1.82, 2.24) is 0 Å². The number of hydrogen-bond acceptors (Lipinski definition) is 6. The molecule has 1 aromatic carbocycles. The van der Waals surface area contributed by atoms with Gasteiger partial charge in [0.25, 0.3) is 0 Å². The van der Waals surface area contributed by atoms with E-state index < -0.39 is 24.1 Å². The molecule has 0 aromatic heterocycles. The summed E-state index contributed by atoms with van der Waals surface area (Å²) >= 11 is 5.30. The number of esters is 2. The van der Waals surface area contributed by atoms with Gasteiger partial charge in [-0.3, -0.25) is 5.32 Å². The molecule has 0 saturated carbocycles. The number of ether oxygens (including phenoxy) is 3. The predicted octanol–water partition coefficient (Wildman–Crippen LogP) is 3.10. The lowest BCUT2D eigenvalue weighted by molar-refractivity contribution is -0.151. The van der Waals surface area contributed by atoms with E-state index in [0.29, 0.717) is 5.57 Å². The Morgan fingerprint density at radius 1 is 1.25 bits per heavy atom. The van der Waals surface area contributed by atoms with Crippen LogP contribution in [0.4, 0.5) is 10.5 Å². The molecule has 8 heteroatoms. The minimum atomic E-state index is -1.24. The Balaban J connectivity index is 2.96. The van der Waals surface area contributed by atoms with Gasteiger partial charge in [-0.1, -0.05) is 30.3 Å². The van der Waals surface area contributed by atoms with Crippen molar-refractivity contribution in [1.29, 1.82) is 0 Å². The molecule has 0 aliphatic heterocycles. The second kappa shape index (κ2) is 9.57. The van der Waals surface area contributed by atoms with E-state index >= 15 is 0 Å². The molecule has 1 amide bonds. The van der Waals surface area contributed by atoms with Crippen molar-refractivity contribution in [2.24, 2.45) is 0 Å². The highest BCUT2D eigenvalue weighted by molar-refractivity contribution is 6.17. The highest BCUT2D eigenvalue weighted by atomic mass is 35.5. The number of halogens is 1. The summed E-state index contributed by atoms with van der Waals surface area (Å²) in [6, 6.07) is 5.76. The predicted molar refractivity (Wildman–Crippen MR) is 87.9 cm³/mol. The van der Waals surface area contributed by atoms with Crippen LogP contribution >= 0.6 is 11.6 Å². The molecule has 0 saturated heterocycles. The van der Waals surface area contributed by atoms with Gasteiger partial charge in [0.2, 0.25) is 6.10 Å². The van der Waals surface area contributed by atoms with Gasteiger partial charge in [0.05, 0.1) is 17.9 Å². The summed E-state index contributed by atoms with van der Waals surface area (Å²) < 4.78 is 14.6. The van der Waals surface area contributed by atoms with Gasteiger partial charge in [0, 0.05) is 0 Å². The Kier molecular flexibility index (Phi) is 7.77. The summed E-state index contributed by atoms with van der Waals surface area (Å²) in [4.78, 5) is 35.6. The average molecular weight is 356 g/mol. The second-order valence-corrected chi connectivity index (χ2v) is 4.81. The maximum atomic E-state index is 12.3. The maximum Gasteiger partial charge on any atom is 0.412 e. The van der Waals surface area contributed by atoms with Crippen molar-refractivity contribution < 1.29 is 28.6 Å². The number of anilines is 1. The van der Waals surface area contributed by atoms with E-state index in [-0.39, 0.29) is 23.9 Å². The van der Waals surface area contributed by atoms with Crippen LogP contribution in [0, 0.1) is 0 Å². The SMILES string of the molecule is C=C(C)C(OC(=O)c1ccccc1NC(=O)OCCl)C(=O)OCC. The molecule has 7 nitrogen and oxygen atoms in total. The molecule has 0 fully saturated rings. The van der Waals surface area contributed by atoms with Gasteiger partial charge < -0.3 is 14.2 Å². The first kappa shape index (κ1) is 19.5. The van der Waals surface area contributed by atoms with Crippen LogP contribution in [0.15, 0.2) is 36.4 Å². The molecule has 1 atom stereocenters. The second-order valence-electron chi connectivity index (χ2n) is 4.60. The highest BCUT2D eigenvalue weighted by Crippen LogP contribution is 2.19.